The highest BCUT2D eigenvalue weighted by atomic mass is 35.5. The molecule has 4 aromatic heterocycles. The van der Waals surface area contributed by atoms with E-state index < -0.39 is 40.6 Å². The summed E-state index contributed by atoms with van der Waals surface area (Å²) in [7, 11) is 6.75. The van der Waals surface area contributed by atoms with Crippen molar-refractivity contribution in [2.45, 2.75) is 62.2 Å². The highest BCUT2D eigenvalue weighted by Crippen LogP contribution is 2.41. The van der Waals surface area contributed by atoms with E-state index in [-0.39, 0.29) is 103 Å². The molecular formula is C48H50ClF8N11O3. The zero-order valence-corrected chi connectivity index (χ0v) is 39.9. The van der Waals surface area contributed by atoms with Crippen LogP contribution in [0.5, 0.6) is 11.5 Å². The third kappa shape index (κ3) is 12.7. The van der Waals surface area contributed by atoms with Gasteiger partial charge in [-0.25, -0.2) is 28.7 Å². The Labute approximate surface area is 409 Å². The number of amides is 1. The fraction of sp³-hybridized carbons (Fsp3) is 0.438. The number of piperidine rings is 2. The predicted molar refractivity (Wildman–Crippen MR) is 249 cm³/mol. The minimum atomic E-state index is -4.72. The van der Waals surface area contributed by atoms with Crippen molar-refractivity contribution in [1.82, 2.24) is 44.2 Å². The lowest BCUT2D eigenvalue weighted by molar-refractivity contribution is -0.139. The Hall–Kier alpha value is -6.62. The second-order valence-corrected chi connectivity index (χ2v) is 17.6. The number of pyridine rings is 2. The lowest BCUT2D eigenvalue weighted by Crippen LogP contribution is -2.46. The summed E-state index contributed by atoms with van der Waals surface area (Å²) in [5.74, 6) is -0.830. The van der Waals surface area contributed by atoms with Gasteiger partial charge in [0.25, 0.3) is 0 Å². The largest absolute Gasteiger partial charge is 0.493 e. The van der Waals surface area contributed by atoms with Crippen molar-refractivity contribution in [3.63, 3.8) is 0 Å². The first-order chi connectivity index (χ1) is 33.1. The van der Waals surface area contributed by atoms with Gasteiger partial charge in [-0.2, -0.15) is 36.9 Å². The van der Waals surface area contributed by atoms with Gasteiger partial charge in [-0.15, -0.1) is 12.4 Å². The number of nitrogens with one attached hydrogen (secondary N) is 1. The number of fused-ring (bicyclic) bond motifs is 2. The van der Waals surface area contributed by atoms with E-state index in [0.717, 1.165) is 12.1 Å². The summed E-state index contributed by atoms with van der Waals surface area (Å²) in [4.78, 5) is 31.9. The second kappa shape index (κ2) is 21.8. The summed E-state index contributed by atoms with van der Waals surface area (Å²) >= 11 is 0. The summed E-state index contributed by atoms with van der Waals surface area (Å²) in [6.45, 7) is 1.67. The van der Waals surface area contributed by atoms with Crippen LogP contribution in [0.15, 0.2) is 61.2 Å². The van der Waals surface area contributed by atoms with Gasteiger partial charge in [-0.05, 0) is 87.3 Å². The molecule has 71 heavy (non-hydrogen) atoms. The number of ether oxygens (including phenoxy) is 2. The molecule has 6 aromatic rings. The molecule has 23 heteroatoms. The topological polar surface area (TPSA) is 163 Å². The number of aromatic nitrogens is 6. The number of hydrogen-bond acceptors (Lipinski definition) is 11. The third-order valence-electron chi connectivity index (χ3n) is 12.5. The average Bonchev–Trinajstić information content (AvgIpc) is 3.90. The first-order valence-corrected chi connectivity index (χ1v) is 22.2. The van der Waals surface area contributed by atoms with Crippen LogP contribution in [0.3, 0.4) is 0 Å². The van der Waals surface area contributed by atoms with Gasteiger partial charge in [0.1, 0.15) is 46.0 Å². The van der Waals surface area contributed by atoms with Crippen molar-refractivity contribution in [3.8, 4) is 46.2 Å². The molecule has 0 bridgehead atoms. The van der Waals surface area contributed by atoms with Crippen molar-refractivity contribution in [2.75, 3.05) is 60.0 Å². The van der Waals surface area contributed by atoms with Crippen molar-refractivity contribution >= 4 is 40.4 Å². The fourth-order valence-electron chi connectivity index (χ4n) is 8.29. The molecule has 2 aliphatic rings. The lowest BCUT2D eigenvalue weighted by Gasteiger charge is -2.36. The monoisotopic (exact) mass is 1020 g/mol. The van der Waals surface area contributed by atoms with Crippen molar-refractivity contribution in [2.24, 2.45) is 14.1 Å². The van der Waals surface area contributed by atoms with Crippen LogP contribution in [0.4, 0.5) is 35.1 Å². The van der Waals surface area contributed by atoms with Crippen molar-refractivity contribution in [3.05, 3.63) is 83.7 Å². The number of likely N-dealkylation sites (tertiary alicyclic amines) is 1. The number of alkyl halides is 8. The highest BCUT2D eigenvalue weighted by molar-refractivity contribution is 5.86. The second-order valence-electron chi connectivity index (χ2n) is 17.6. The van der Waals surface area contributed by atoms with Gasteiger partial charge < -0.3 is 28.8 Å². The van der Waals surface area contributed by atoms with E-state index in [9.17, 15) is 46.1 Å². The van der Waals surface area contributed by atoms with Crippen LogP contribution >= 0.6 is 12.4 Å². The van der Waals surface area contributed by atoms with E-state index in [4.69, 9.17) is 9.47 Å². The number of hydrogen-bond donors (Lipinski definition) is 1. The number of likely N-dealkylation sites (N-methyl/N-ethyl adjacent to an activating group) is 1. The van der Waals surface area contributed by atoms with Gasteiger partial charge >= 0.3 is 12.4 Å². The molecule has 2 aliphatic heterocycles. The minimum absolute atomic E-state index is 0. The van der Waals surface area contributed by atoms with E-state index in [0.29, 0.717) is 61.1 Å². The Morgan fingerprint density at radius 2 is 1.14 bits per heavy atom. The van der Waals surface area contributed by atoms with E-state index in [1.54, 1.807) is 49.5 Å². The Kier molecular flexibility index (Phi) is 16.5. The average molecular weight is 1020 g/mol. The maximum absolute atomic E-state index is 15.3. The standard InChI is InChI=1S/C26H28F4N6O2.C22H21F4N5O.ClH/c1-34(2)23(37)15-36-9-6-25(27,7-10-36)8-11-38-22-5-4-17(12-18(22)26(28,29)30)19-13-21-24(20(14-31)33-19)32-16-35(21)3;1-31-13-29-20-17(12-27)30-16(11-18(20)31)14-2-3-19(15(10-14)22(24,25)26)32-9-6-21(23)4-7-28-8-5-21;/h4-5,12-13,16H,6-11,15H2,1-3H3;2-3,10-11,13,28H,4-9H2,1H3;1H. The van der Waals surface area contributed by atoms with Crippen LogP contribution in [-0.2, 0) is 31.2 Å². The third-order valence-corrected chi connectivity index (χ3v) is 12.5. The van der Waals surface area contributed by atoms with Crippen LogP contribution < -0.4 is 14.8 Å². The quantitative estimate of drug-likeness (QED) is 0.116. The SMILES string of the molecule is CN(C)C(=O)CN1CCC(F)(CCOc2ccc(-c3cc4c(ncn4C)c(C#N)n3)cc2C(F)(F)F)CC1.Cl.Cn1cnc2c(C#N)nc(-c3ccc(OCCC4(F)CCNCC4)c(C(F)(F)F)c3)cc21. The molecule has 14 nitrogen and oxygen atoms in total. The van der Waals surface area contributed by atoms with E-state index in [1.807, 2.05) is 17.0 Å². The van der Waals surface area contributed by atoms with Gasteiger partial charge in [0.2, 0.25) is 5.91 Å². The number of nitrogens with zero attached hydrogens (tertiary/aromatic N) is 10. The molecule has 0 unspecified atom stereocenters. The van der Waals surface area contributed by atoms with Gasteiger partial charge in [0.05, 0.1) is 66.0 Å². The molecule has 2 aromatic carbocycles. The number of benzene rings is 2. The number of imidazole rings is 2. The Morgan fingerprint density at radius 1 is 0.718 bits per heavy atom. The summed E-state index contributed by atoms with van der Waals surface area (Å²) in [5, 5.41) is 21.9. The van der Waals surface area contributed by atoms with Crippen molar-refractivity contribution < 1.29 is 49.4 Å². The number of nitriles is 2. The molecule has 8 rings (SSSR count). The molecule has 2 fully saturated rings. The van der Waals surface area contributed by atoms with Gasteiger partial charge in [-0.3, -0.25) is 9.69 Å². The Bertz CT molecular complexity index is 2950. The smallest absolute Gasteiger partial charge is 0.419 e. The molecule has 0 aliphatic carbocycles. The van der Waals surface area contributed by atoms with Crippen LogP contribution in [-0.4, -0.2) is 116 Å². The zero-order chi connectivity index (χ0) is 50.6. The van der Waals surface area contributed by atoms with Crippen LogP contribution in [0, 0.1) is 22.7 Å². The molecule has 378 valence electrons. The fourth-order valence-corrected chi connectivity index (χ4v) is 8.29. The van der Waals surface area contributed by atoms with Gasteiger partial charge in [0, 0.05) is 65.2 Å². The minimum Gasteiger partial charge on any atom is -0.493 e. The molecule has 0 atom stereocenters. The molecular weight excluding hydrogens is 966 g/mol. The molecule has 0 spiro atoms. The molecule has 6 heterocycles. The molecule has 1 amide bonds. The maximum Gasteiger partial charge on any atom is 0.419 e. The molecule has 1 N–H and O–H groups in total. The van der Waals surface area contributed by atoms with Gasteiger partial charge in [0.15, 0.2) is 11.4 Å². The van der Waals surface area contributed by atoms with E-state index in [1.165, 1.54) is 41.8 Å². The molecule has 2 saturated heterocycles. The van der Waals surface area contributed by atoms with Crippen LogP contribution in [0.25, 0.3) is 44.6 Å². The summed E-state index contributed by atoms with van der Waals surface area (Å²) < 4.78 is 127. The summed E-state index contributed by atoms with van der Waals surface area (Å²) in [6, 6.07) is 14.2. The zero-order valence-electron chi connectivity index (χ0n) is 39.1. The van der Waals surface area contributed by atoms with Crippen LogP contribution in [0.2, 0.25) is 0 Å². The Morgan fingerprint density at radius 3 is 1.54 bits per heavy atom. The summed E-state index contributed by atoms with van der Waals surface area (Å²) in [5.41, 5.74) is -2.31. The maximum atomic E-state index is 15.3. The highest BCUT2D eigenvalue weighted by Gasteiger charge is 2.39. The first kappa shape index (κ1) is 53.7. The van der Waals surface area contributed by atoms with E-state index >= 15 is 4.39 Å². The normalized spacial score (nSPS) is 15.7. The van der Waals surface area contributed by atoms with Crippen molar-refractivity contribution in [1.29, 1.82) is 10.5 Å². The molecule has 0 saturated carbocycles. The number of halogens is 9. The predicted octanol–water partition coefficient (Wildman–Crippen LogP) is 9.00. The van der Waals surface area contributed by atoms with E-state index in [2.05, 4.69) is 25.3 Å². The van der Waals surface area contributed by atoms with Gasteiger partial charge in [-0.1, -0.05) is 0 Å². The molecule has 0 radical (unpaired) electrons. The Balaban J connectivity index is 0.000000232. The number of carbonyl (C=O) groups is 1. The van der Waals surface area contributed by atoms with Crippen LogP contribution in [0.1, 0.15) is 61.0 Å². The summed E-state index contributed by atoms with van der Waals surface area (Å²) in [6.07, 6.45) is -5.47. The number of rotatable bonds is 12. The first-order valence-electron chi connectivity index (χ1n) is 22.2. The lowest BCUT2D eigenvalue weighted by atomic mass is 9.90. The number of aryl methyl sites for hydroxylation is 2. The number of carbonyl (C=O) groups excluding carboxylic acids is 1.